The Morgan fingerprint density at radius 2 is 2.43 bits per heavy atom. The number of halogens is 1. The lowest BCUT2D eigenvalue weighted by Crippen LogP contribution is -2.31. The van der Waals surface area contributed by atoms with E-state index >= 15 is 0 Å². The molecule has 3 N–H and O–H groups in total. The van der Waals surface area contributed by atoms with Crippen LogP contribution >= 0.6 is 35.2 Å². The Balaban J connectivity index is 2.70. The Labute approximate surface area is 96.2 Å². The molecule has 0 aliphatic heterocycles. The van der Waals surface area contributed by atoms with Crippen LogP contribution in [-0.2, 0) is 0 Å². The van der Waals surface area contributed by atoms with Crippen molar-refractivity contribution in [2.24, 2.45) is 5.73 Å². The van der Waals surface area contributed by atoms with E-state index < -0.39 is 0 Å². The van der Waals surface area contributed by atoms with E-state index in [1.54, 1.807) is 0 Å². The first-order valence-electron chi connectivity index (χ1n) is 3.82. The van der Waals surface area contributed by atoms with Gasteiger partial charge >= 0.3 is 0 Å². The Hall–Kier alpha value is -0.650. The van der Waals surface area contributed by atoms with Crippen LogP contribution in [0.5, 0.6) is 0 Å². The summed E-state index contributed by atoms with van der Waals surface area (Å²) in [6.45, 7) is 2.05. The Morgan fingerprint density at radius 3 is 2.86 bits per heavy atom. The average Bonchev–Trinajstić information content (AvgIpc) is 2.44. The fourth-order valence-electron chi connectivity index (χ4n) is 0.831. The normalized spacial score (nSPS) is 9.86. The standard InChI is InChI=1S/C8H9ClN2OS2/c1-4-3-14-7(6(4)9)8(12)11-2-5(10)13/h3H,2H2,1H3,(H2,10,13)(H,11,12). The molecule has 1 amide bonds. The zero-order valence-corrected chi connectivity index (χ0v) is 9.85. The predicted octanol–water partition coefficient (Wildman–Crippen LogP) is 1.73. The molecule has 76 valence electrons. The van der Waals surface area contributed by atoms with Gasteiger partial charge in [0.2, 0.25) is 0 Å². The van der Waals surface area contributed by atoms with Gasteiger partial charge < -0.3 is 11.1 Å². The zero-order chi connectivity index (χ0) is 10.7. The molecule has 6 heteroatoms. The quantitative estimate of drug-likeness (QED) is 0.801. The smallest absolute Gasteiger partial charge is 0.263 e. The van der Waals surface area contributed by atoms with Crippen LogP contribution in [0.25, 0.3) is 0 Å². The molecule has 0 atom stereocenters. The number of nitrogens with one attached hydrogen (secondary N) is 1. The molecule has 1 aromatic heterocycles. The zero-order valence-electron chi connectivity index (χ0n) is 7.46. The summed E-state index contributed by atoms with van der Waals surface area (Å²) in [5.41, 5.74) is 6.15. The Bertz CT molecular complexity index is 375. The number of hydrogen-bond donors (Lipinski definition) is 2. The number of thiocarbonyl (C=S) groups is 1. The number of nitrogens with two attached hydrogens (primary N) is 1. The van der Waals surface area contributed by atoms with E-state index in [-0.39, 0.29) is 17.4 Å². The van der Waals surface area contributed by atoms with Crippen molar-refractivity contribution < 1.29 is 4.79 Å². The summed E-state index contributed by atoms with van der Waals surface area (Å²) in [7, 11) is 0. The second kappa shape index (κ2) is 4.72. The molecular formula is C8H9ClN2OS2. The molecule has 0 saturated heterocycles. The summed E-state index contributed by atoms with van der Waals surface area (Å²) in [4.78, 5) is 12.2. The van der Waals surface area contributed by atoms with Crippen molar-refractivity contribution in [3.63, 3.8) is 0 Å². The van der Waals surface area contributed by atoms with E-state index in [1.165, 1.54) is 11.3 Å². The lowest BCUT2D eigenvalue weighted by Gasteiger charge is -2.01. The molecule has 0 unspecified atom stereocenters. The van der Waals surface area contributed by atoms with Crippen LogP contribution in [0, 0.1) is 6.92 Å². The molecule has 0 aliphatic carbocycles. The van der Waals surface area contributed by atoms with Gasteiger partial charge in [0.25, 0.3) is 5.91 Å². The summed E-state index contributed by atoms with van der Waals surface area (Å²) in [5.74, 6) is -0.235. The minimum absolute atomic E-state index is 0.196. The maximum absolute atomic E-state index is 11.5. The summed E-state index contributed by atoms with van der Waals surface area (Å²) < 4.78 is 0. The number of carbonyl (C=O) groups excluding carboxylic acids is 1. The van der Waals surface area contributed by atoms with E-state index in [0.717, 1.165) is 5.56 Å². The maximum Gasteiger partial charge on any atom is 0.263 e. The van der Waals surface area contributed by atoms with Crippen LogP contribution in [0.2, 0.25) is 5.02 Å². The number of amides is 1. The molecule has 0 fully saturated rings. The number of carbonyl (C=O) groups is 1. The van der Waals surface area contributed by atoms with Crippen molar-refractivity contribution in [1.82, 2.24) is 5.32 Å². The van der Waals surface area contributed by atoms with Gasteiger partial charge in [0.15, 0.2) is 0 Å². The third-order valence-electron chi connectivity index (χ3n) is 1.53. The van der Waals surface area contributed by atoms with E-state index in [9.17, 15) is 4.79 Å². The molecule has 1 rings (SSSR count). The van der Waals surface area contributed by atoms with Crippen molar-refractivity contribution in [3.05, 3.63) is 20.8 Å². The Morgan fingerprint density at radius 1 is 1.79 bits per heavy atom. The largest absolute Gasteiger partial charge is 0.392 e. The third-order valence-corrected chi connectivity index (χ3v) is 3.37. The molecule has 1 heterocycles. The van der Waals surface area contributed by atoms with Crippen LogP contribution < -0.4 is 11.1 Å². The van der Waals surface area contributed by atoms with E-state index in [4.69, 9.17) is 17.3 Å². The molecule has 0 aromatic carbocycles. The summed E-state index contributed by atoms with van der Waals surface area (Å²) in [5, 5.41) is 4.90. The third kappa shape index (κ3) is 2.67. The van der Waals surface area contributed by atoms with Crippen molar-refractivity contribution in [2.75, 3.05) is 6.54 Å². The molecule has 0 spiro atoms. The van der Waals surface area contributed by atoms with Crippen molar-refractivity contribution in [3.8, 4) is 0 Å². The predicted molar refractivity (Wildman–Crippen MR) is 63.2 cm³/mol. The van der Waals surface area contributed by atoms with Gasteiger partial charge in [-0.2, -0.15) is 0 Å². The minimum atomic E-state index is -0.235. The van der Waals surface area contributed by atoms with Gasteiger partial charge in [0.05, 0.1) is 16.6 Å². The minimum Gasteiger partial charge on any atom is -0.392 e. The van der Waals surface area contributed by atoms with Crippen molar-refractivity contribution >= 4 is 46.1 Å². The number of hydrogen-bond acceptors (Lipinski definition) is 3. The highest BCUT2D eigenvalue weighted by Crippen LogP contribution is 2.26. The average molecular weight is 249 g/mol. The van der Waals surface area contributed by atoms with Crippen LogP contribution in [0.1, 0.15) is 15.2 Å². The van der Waals surface area contributed by atoms with Gasteiger partial charge in [-0.3, -0.25) is 4.79 Å². The van der Waals surface area contributed by atoms with Crippen LogP contribution in [-0.4, -0.2) is 17.4 Å². The first kappa shape index (κ1) is 11.4. The van der Waals surface area contributed by atoms with Gasteiger partial charge in [-0.1, -0.05) is 23.8 Å². The van der Waals surface area contributed by atoms with Crippen molar-refractivity contribution in [1.29, 1.82) is 0 Å². The van der Waals surface area contributed by atoms with E-state index in [0.29, 0.717) is 9.90 Å². The number of rotatable bonds is 3. The highest BCUT2D eigenvalue weighted by molar-refractivity contribution is 7.80. The highest BCUT2D eigenvalue weighted by Gasteiger charge is 2.13. The lowest BCUT2D eigenvalue weighted by atomic mass is 10.3. The van der Waals surface area contributed by atoms with E-state index in [2.05, 4.69) is 17.5 Å². The highest BCUT2D eigenvalue weighted by atomic mass is 35.5. The van der Waals surface area contributed by atoms with Gasteiger partial charge in [-0.15, -0.1) is 11.3 Å². The molecule has 14 heavy (non-hydrogen) atoms. The second-order valence-corrected chi connectivity index (χ2v) is 4.49. The molecule has 0 aliphatic rings. The van der Waals surface area contributed by atoms with Gasteiger partial charge in [0.1, 0.15) is 4.88 Å². The monoisotopic (exact) mass is 248 g/mol. The number of thiophene rings is 1. The molecular weight excluding hydrogens is 240 g/mol. The van der Waals surface area contributed by atoms with Gasteiger partial charge in [-0.25, -0.2) is 0 Å². The molecule has 0 saturated carbocycles. The van der Waals surface area contributed by atoms with Crippen LogP contribution in [0.15, 0.2) is 5.38 Å². The topological polar surface area (TPSA) is 55.1 Å². The van der Waals surface area contributed by atoms with Crippen LogP contribution in [0.4, 0.5) is 0 Å². The molecule has 3 nitrogen and oxygen atoms in total. The summed E-state index contributed by atoms with van der Waals surface area (Å²) in [6, 6.07) is 0. The second-order valence-electron chi connectivity index (χ2n) is 2.71. The summed E-state index contributed by atoms with van der Waals surface area (Å²) >= 11 is 11.8. The van der Waals surface area contributed by atoms with Gasteiger partial charge in [0, 0.05) is 0 Å². The lowest BCUT2D eigenvalue weighted by molar-refractivity contribution is 0.0963. The van der Waals surface area contributed by atoms with Crippen molar-refractivity contribution in [2.45, 2.75) is 6.92 Å². The fourth-order valence-corrected chi connectivity index (χ4v) is 2.10. The first-order valence-corrected chi connectivity index (χ1v) is 5.49. The van der Waals surface area contributed by atoms with Crippen LogP contribution in [0.3, 0.4) is 0 Å². The van der Waals surface area contributed by atoms with Gasteiger partial charge in [-0.05, 0) is 17.9 Å². The summed E-state index contributed by atoms with van der Waals surface area (Å²) in [6.07, 6.45) is 0. The van der Waals surface area contributed by atoms with E-state index in [1.807, 2.05) is 12.3 Å². The number of aryl methyl sites for hydroxylation is 1. The maximum atomic E-state index is 11.5. The first-order chi connectivity index (χ1) is 6.52. The molecule has 0 radical (unpaired) electrons. The molecule has 0 bridgehead atoms. The SMILES string of the molecule is Cc1csc(C(=O)NCC(N)=S)c1Cl. The fraction of sp³-hybridized carbons (Fsp3) is 0.250. The molecule has 1 aromatic rings. The Kier molecular flexibility index (Phi) is 3.86.